The molecule has 260 valence electrons. The first kappa shape index (κ1) is 32.7. The number of benzene rings is 8. The topological polar surface area (TPSA) is 38.7 Å². The Balaban J connectivity index is 1.16. The third kappa shape index (κ3) is 5.73. The molecule has 0 fully saturated rings. The smallest absolute Gasteiger partial charge is 0.164 e. The summed E-state index contributed by atoms with van der Waals surface area (Å²) in [4.78, 5) is 15.7. The van der Waals surface area contributed by atoms with Crippen LogP contribution in [0, 0.1) is 0 Å². The van der Waals surface area contributed by atoms with Crippen LogP contribution in [0.25, 0.3) is 89.4 Å². The van der Waals surface area contributed by atoms with E-state index < -0.39 is 0 Å². The van der Waals surface area contributed by atoms with E-state index in [-0.39, 0.29) is 5.41 Å². The molecule has 0 spiro atoms. The second kappa shape index (κ2) is 13.2. The van der Waals surface area contributed by atoms with E-state index in [1.165, 1.54) is 33.4 Å². The SMILES string of the molecule is CC1(C)c2ccccc2-c2cccc(-c3ccc4cccc(-c5nc(-c6cccc(-c7ccccc7)c6)nc(-c6cccc(-c7ccccc7)c6)n5)c4c3)c21. The summed E-state index contributed by atoms with van der Waals surface area (Å²) in [5, 5.41) is 2.24. The van der Waals surface area contributed by atoms with Gasteiger partial charge in [0.15, 0.2) is 17.5 Å². The highest BCUT2D eigenvalue weighted by Gasteiger charge is 2.37. The minimum absolute atomic E-state index is 0.127. The van der Waals surface area contributed by atoms with Gasteiger partial charge >= 0.3 is 0 Å². The Labute approximate surface area is 321 Å². The van der Waals surface area contributed by atoms with E-state index in [2.05, 4.69) is 190 Å². The van der Waals surface area contributed by atoms with Crippen molar-refractivity contribution in [2.45, 2.75) is 19.3 Å². The van der Waals surface area contributed by atoms with Crippen molar-refractivity contribution in [3.63, 3.8) is 0 Å². The molecular formula is C52H37N3. The number of aromatic nitrogens is 3. The van der Waals surface area contributed by atoms with Crippen LogP contribution in [0.15, 0.2) is 188 Å². The standard InChI is InChI=1S/C52H37N3/c1-52(2)47-28-10-9-24-43(47)44-26-14-25-42(48(44)52)39-30-29-36-19-13-27-45(46(36)33-39)51-54-49(40-22-11-20-37(31-40)34-15-5-3-6-16-34)53-50(55-51)41-23-12-21-38(32-41)35-17-7-4-8-18-35/h3-33H,1-2H3. The molecule has 0 bridgehead atoms. The van der Waals surface area contributed by atoms with Gasteiger partial charge in [0.05, 0.1) is 0 Å². The molecular weight excluding hydrogens is 667 g/mol. The quantitative estimate of drug-likeness (QED) is 0.173. The first-order valence-electron chi connectivity index (χ1n) is 18.9. The molecule has 0 unspecified atom stereocenters. The lowest BCUT2D eigenvalue weighted by atomic mass is 9.78. The van der Waals surface area contributed by atoms with Gasteiger partial charge in [0.1, 0.15) is 0 Å². The van der Waals surface area contributed by atoms with Gasteiger partial charge in [0.25, 0.3) is 0 Å². The Hall–Kier alpha value is -6.97. The average molecular weight is 704 g/mol. The first-order valence-corrected chi connectivity index (χ1v) is 18.9. The first-order chi connectivity index (χ1) is 27.0. The molecule has 0 N–H and O–H groups in total. The predicted octanol–water partition coefficient (Wildman–Crippen LogP) is 13.3. The number of fused-ring (bicyclic) bond motifs is 4. The van der Waals surface area contributed by atoms with Crippen LogP contribution < -0.4 is 0 Å². The third-order valence-corrected chi connectivity index (χ3v) is 11.1. The van der Waals surface area contributed by atoms with E-state index in [9.17, 15) is 0 Å². The predicted molar refractivity (Wildman–Crippen MR) is 228 cm³/mol. The number of hydrogen-bond acceptors (Lipinski definition) is 3. The Morgan fingerprint density at radius 1 is 0.327 bits per heavy atom. The Morgan fingerprint density at radius 3 is 1.49 bits per heavy atom. The molecule has 3 nitrogen and oxygen atoms in total. The average Bonchev–Trinajstić information content (AvgIpc) is 3.50. The molecule has 8 aromatic carbocycles. The van der Waals surface area contributed by atoms with Crippen molar-refractivity contribution in [2.24, 2.45) is 0 Å². The van der Waals surface area contributed by atoms with Crippen molar-refractivity contribution in [3.05, 3.63) is 199 Å². The van der Waals surface area contributed by atoms with Crippen molar-refractivity contribution in [3.8, 4) is 78.7 Å². The Kier molecular flexibility index (Phi) is 7.81. The van der Waals surface area contributed by atoms with Crippen LogP contribution in [-0.4, -0.2) is 15.0 Å². The van der Waals surface area contributed by atoms with E-state index in [0.717, 1.165) is 49.7 Å². The summed E-state index contributed by atoms with van der Waals surface area (Å²) < 4.78 is 0. The van der Waals surface area contributed by atoms with Crippen LogP contribution in [0.5, 0.6) is 0 Å². The maximum Gasteiger partial charge on any atom is 0.164 e. The Morgan fingerprint density at radius 2 is 0.818 bits per heavy atom. The molecule has 0 saturated heterocycles. The summed E-state index contributed by atoms with van der Waals surface area (Å²) >= 11 is 0. The fraction of sp³-hybridized carbons (Fsp3) is 0.0577. The van der Waals surface area contributed by atoms with Gasteiger partial charge in [0, 0.05) is 22.1 Å². The van der Waals surface area contributed by atoms with Crippen molar-refractivity contribution in [2.75, 3.05) is 0 Å². The summed E-state index contributed by atoms with van der Waals surface area (Å²) in [6, 6.07) is 66.7. The lowest BCUT2D eigenvalue weighted by molar-refractivity contribution is 0.662. The lowest BCUT2D eigenvalue weighted by Gasteiger charge is -2.24. The van der Waals surface area contributed by atoms with E-state index in [1.54, 1.807) is 0 Å². The molecule has 0 saturated carbocycles. The molecule has 0 amide bonds. The zero-order chi connectivity index (χ0) is 36.9. The molecule has 1 aromatic heterocycles. The van der Waals surface area contributed by atoms with Gasteiger partial charge in [-0.2, -0.15) is 0 Å². The van der Waals surface area contributed by atoms with Crippen molar-refractivity contribution in [1.29, 1.82) is 0 Å². The van der Waals surface area contributed by atoms with Crippen LogP contribution in [0.2, 0.25) is 0 Å². The van der Waals surface area contributed by atoms with Crippen molar-refractivity contribution in [1.82, 2.24) is 15.0 Å². The summed E-state index contributed by atoms with van der Waals surface area (Å²) in [7, 11) is 0. The van der Waals surface area contributed by atoms with Crippen LogP contribution >= 0.6 is 0 Å². The van der Waals surface area contributed by atoms with E-state index in [1.807, 2.05) is 12.1 Å². The molecule has 10 rings (SSSR count). The van der Waals surface area contributed by atoms with Gasteiger partial charge in [0.2, 0.25) is 0 Å². The highest BCUT2D eigenvalue weighted by atomic mass is 15.0. The fourth-order valence-electron chi connectivity index (χ4n) is 8.41. The monoisotopic (exact) mass is 703 g/mol. The number of nitrogens with zero attached hydrogens (tertiary/aromatic N) is 3. The molecule has 1 aliphatic carbocycles. The summed E-state index contributed by atoms with van der Waals surface area (Å²) in [5.41, 5.74) is 15.1. The molecule has 1 aliphatic rings. The van der Waals surface area contributed by atoms with Gasteiger partial charge in [-0.3, -0.25) is 0 Å². The van der Waals surface area contributed by atoms with Gasteiger partial charge in [-0.1, -0.05) is 184 Å². The highest BCUT2D eigenvalue weighted by Crippen LogP contribution is 2.52. The van der Waals surface area contributed by atoms with Crippen molar-refractivity contribution >= 4 is 10.8 Å². The lowest BCUT2D eigenvalue weighted by Crippen LogP contribution is -2.16. The summed E-state index contributed by atoms with van der Waals surface area (Å²) in [5.74, 6) is 1.91. The zero-order valence-electron chi connectivity index (χ0n) is 30.7. The number of rotatable bonds is 6. The van der Waals surface area contributed by atoms with E-state index >= 15 is 0 Å². The molecule has 0 radical (unpaired) electrons. The van der Waals surface area contributed by atoms with Crippen LogP contribution in [0.3, 0.4) is 0 Å². The molecule has 3 heteroatoms. The van der Waals surface area contributed by atoms with E-state index in [0.29, 0.717) is 17.5 Å². The molecule has 1 heterocycles. The zero-order valence-corrected chi connectivity index (χ0v) is 30.7. The fourth-order valence-corrected chi connectivity index (χ4v) is 8.41. The minimum Gasteiger partial charge on any atom is -0.208 e. The second-order valence-corrected chi connectivity index (χ2v) is 14.8. The van der Waals surface area contributed by atoms with Crippen LogP contribution in [0.4, 0.5) is 0 Å². The maximum absolute atomic E-state index is 5.25. The molecule has 9 aromatic rings. The maximum atomic E-state index is 5.25. The largest absolute Gasteiger partial charge is 0.208 e. The molecule has 0 aliphatic heterocycles. The van der Waals surface area contributed by atoms with E-state index in [4.69, 9.17) is 15.0 Å². The van der Waals surface area contributed by atoms with Gasteiger partial charge in [-0.15, -0.1) is 0 Å². The van der Waals surface area contributed by atoms with Gasteiger partial charge < -0.3 is 0 Å². The highest BCUT2D eigenvalue weighted by molar-refractivity contribution is 5.99. The Bertz CT molecular complexity index is 2790. The normalized spacial score (nSPS) is 12.7. The van der Waals surface area contributed by atoms with Crippen LogP contribution in [-0.2, 0) is 5.41 Å². The summed E-state index contributed by atoms with van der Waals surface area (Å²) in [6.07, 6.45) is 0. The minimum atomic E-state index is -0.127. The van der Waals surface area contributed by atoms with Gasteiger partial charge in [-0.25, -0.2) is 15.0 Å². The second-order valence-electron chi connectivity index (χ2n) is 14.8. The number of hydrogen-bond donors (Lipinski definition) is 0. The molecule has 0 atom stereocenters. The molecule has 55 heavy (non-hydrogen) atoms. The van der Waals surface area contributed by atoms with Gasteiger partial charge in [-0.05, 0) is 84.6 Å². The third-order valence-electron chi connectivity index (χ3n) is 11.1. The van der Waals surface area contributed by atoms with Crippen molar-refractivity contribution < 1.29 is 0 Å². The summed E-state index contributed by atoms with van der Waals surface area (Å²) in [6.45, 7) is 4.70. The van der Waals surface area contributed by atoms with Crippen LogP contribution in [0.1, 0.15) is 25.0 Å².